The number of benzene rings is 8. The molecule has 8 aromatic carbocycles. The van der Waals surface area contributed by atoms with Crippen LogP contribution in [0.25, 0.3) is 0 Å². The Bertz CT molecular complexity index is 2060. The topological polar surface area (TPSA) is 34.1 Å². The van der Waals surface area contributed by atoms with Crippen molar-refractivity contribution in [3.8, 4) is 0 Å². The molecular formula is C52H43Cl3O2P4PdRh. The predicted octanol–water partition coefficient (Wildman–Crippen LogP) is 12.4. The standard InChI is InChI=1S/2C25H21P2.2CClO.ClH.Pd.Rh/c2*1-5-13-22(14-6-1)26(23-15-7-2-8-16-23)21-27(24-17-9-3-10-18-24)25-19-11-4-12-20-25;2*2-1-3;;;/h2*1-21H;;;1H;;. The monoisotopic (exact) mass is 1140 g/mol. The Labute approximate surface area is 408 Å². The molecule has 0 aliphatic rings. The Kier molecular flexibility index (Phi) is 20.6. The molecule has 0 aliphatic heterocycles. The van der Waals surface area contributed by atoms with Gasteiger partial charge in [-0.15, -0.1) is 12.4 Å². The maximum absolute atomic E-state index is 9.74. The van der Waals surface area contributed by atoms with Crippen molar-refractivity contribution in [3.05, 3.63) is 243 Å². The van der Waals surface area contributed by atoms with Gasteiger partial charge in [0, 0.05) is 0 Å². The molecule has 0 aliphatic carbocycles. The molecule has 0 fully saturated rings. The fourth-order valence-corrected chi connectivity index (χ4v) is 33.8. The van der Waals surface area contributed by atoms with Gasteiger partial charge in [0.25, 0.3) is 0 Å². The Morgan fingerprint density at radius 3 is 0.571 bits per heavy atom. The van der Waals surface area contributed by atoms with Crippen molar-refractivity contribution in [1.29, 1.82) is 0 Å². The summed E-state index contributed by atoms with van der Waals surface area (Å²) in [6, 6.07) is 92.1. The van der Waals surface area contributed by atoms with Crippen molar-refractivity contribution >= 4 is 117 Å². The molecule has 323 valence electrons. The molecule has 0 radical (unpaired) electrons. The second kappa shape index (κ2) is 26.2. The first kappa shape index (κ1) is 49.4. The predicted molar refractivity (Wildman–Crippen MR) is 274 cm³/mol. The molecular weight excluding hydrogens is 1100 g/mol. The van der Waals surface area contributed by atoms with Crippen LogP contribution in [-0.4, -0.2) is 15.4 Å². The number of hydrogen-bond acceptors (Lipinski definition) is 2. The van der Waals surface area contributed by atoms with Gasteiger partial charge in [0.2, 0.25) is 0 Å². The zero-order chi connectivity index (χ0) is 42.9. The van der Waals surface area contributed by atoms with Gasteiger partial charge in [0.15, 0.2) is 0 Å². The molecule has 63 heavy (non-hydrogen) atoms. The molecule has 0 amide bonds. The van der Waals surface area contributed by atoms with Crippen LogP contribution in [0, 0.1) is 0 Å². The number of carbonyl (C=O) groups excluding carboxylic acids is 2. The van der Waals surface area contributed by atoms with Gasteiger partial charge in [0.05, 0.1) is 0 Å². The van der Waals surface area contributed by atoms with Crippen LogP contribution in [0.3, 0.4) is 0 Å². The summed E-state index contributed by atoms with van der Waals surface area (Å²) in [4.78, 5) is 19.5. The minimum atomic E-state index is -0.778. The number of rotatable bonds is 16. The van der Waals surface area contributed by atoms with E-state index in [1.807, 2.05) is 0 Å². The summed E-state index contributed by atoms with van der Waals surface area (Å²) in [6.45, 7) is 0. The summed E-state index contributed by atoms with van der Waals surface area (Å²) in [5.74, 6) is 0. The summed E-state index contributed by atoms with van der Waals surface area (Å²) in [5, 5.41) is 11.7. The molecule has 0 unspecified atom stereocenters. The second-order valence-electron chi connectivity index (χ2n) is 13.3. The van der Waals surface area contributed by atoms with Crippen molar-refractivity contribution < 1.29 is 44.7 Å². The first-order valence-electron chi connectivity index (χ1n) is 19.6. The van der Waals surface area contributed by atoms with E-state index in [1.54, 1.807) is 0 Å². The molecule has 8 rings (SSSR count). The summed E-state index contributed by atoms with van der Waals surface area (Å²) < 4.78 is -0.539. The summed E-state index contributed by atoms with van der Waals surface area (Å²) in [5.41, 5.74) is 0. The molecule has 11 heteroatoms. The van der Waals surface area contributed by atoms with E-state index in [1.165, 1.54) is 42.4 Å². The molecule has 0 saturated carbocycles. The van der Waals surface area contributed by atoms with Gasteiger partial charge in [-0.1, -0.05) is 0 Å². The fraction of sp³-hybridized carbons (Fsp3) is 0.0385. The average Bonchev–Trinajstić information content (AvgIpc) is 3.32. The molecule has 0 aromatic heterocycles. The van der Waals surface area contributed by atoms with Gasteiger partial charge < -0.3 is 0 Å². The summed E-state index contributed by atoms with van der Waals surface area (Å²) >= 11 is 8.76. The van der Waals surface area contributed by atoms with Crippen molar-refractivity contribution in [2.75, 3.05) is 0 Å². The van der Waals surface area contributed by atoms with Gasteiger partial charge in [-0.2, -0.15) is 0 Å². The van der Waals surface area contributed by atoms with E-state index in [2.05, 4.69) is 243 Å². The minimum absolute atomic E-state index is 0. The third kappa shape index (κ3) is 14.0. The van der Waals surface area contributed by atoms with Crippen LogP contribution in [0.5, 0.6) is 0 Å². The molecule has 0 bridgehead atoms. The van der Waals surface area contributed by atoms with E-state index in [0.29, 0.717) is 7.99 Å². The van der Waals surface area contributed by atoms with Crippen LogP contribution in [0.15, 0.2) is 243 Å². The molecule has 2 nitrogen and oxygen atoms in total. The molecule has 0 N–H and O–H groups in total. The van der Waals surface area contributed by atoms with Crippen LogP contribution in [-0.2, 0) is 35.1 Å². The quantitative estimate of drug-likeness (QED) is 0.0549. The van der Waals surface area contributed by atoms with E-state index in [9.17, 15) is 9.59 Å². The van der Waals surface area contributed by atoms with Crippen molar-refractivity contribution in [2.45, 2.75) is 7.99 Å². The normalized spacial score (nSPS) is 11.2. The molecule has 0 atom stereocenters. The molecule has 0 saturated heterocycles. The summed E-state index contributed by atoms with van der Waals surface area (Å²) in [6.07, 6.45) is 0. The van der Waals surface area contributed by atoms with Gasteiger partial charge in [-0.25, -0.2) is 0 Å². The number of carbonyl (C=O) groups is 2. The Morgan fingerprint density at radius 1 is 0.317 bits per heavy atom. The van der Waals surface area contributed by atoms with Gasteiger partial charge in [-0.05, 0) is 0 Å². The number of halogens is 3. The third-order valence-corrected chi connectivity index (χ3v) is 30.3. The van der Waals surface area contributed by atoms with Gasteiger partial charge in [0.1, 0.15) is 0 Å². The SMILES string of the molecule is Cl.O=[C](Cl)[Pd][C](=O)Cl.c1ccc(P(c2ccccc2)[CH]([Rh][CH](P(c2ccccc2)c2ccccc2)P(c2ccccc2)c2ccccc2)P(c2ccccc2)c2ccccc2)cc1. The van der Waals surface area contributed by atoms with E-state index in [0.717, 1.165) is 0 Å². The molecule has 0 spiro atoms. The Hall–Kier alpha value is -3.02. The van der Waals surface area contributed by atoms with Crippen molar-refractivity contribution in [3.63, 3.8) is 0 Å². The summed E-state index contributed by atoms with van der Waals surface area (Å²) in [7, 11) is -3.11. The first-order chi connectivity index (χ1) is 30.5. The van der Waals surface area contributed by atoms with E-state index < -0.39 is 57.1 Å². The van der Waals surface area contributed by atoms with E-state index >= 15 is 0 Å². The fourth-order valence-electron chi connectivity index (χ4n) is 6.80. The zero-order valence-electron chi connectivity index (χ0n) is 33.7. The van der Waals surface area contributed by atoms with Crippen LogP contribution in [0.4, 0.5) is 9.59 Å². The average molecular weight is 1140 g/mol. The van der Waals surface area contributed by atoms with Crippen molar-refractivity contribution in [2.24, 2.45) is 0 Å². The van der Waals surface area contributed by atoms with Crippen LogP contribution in [0.1, 0.15) is 0 Å². The van der Waals surface area contributed by atoms with Crippen LogP contribution < -0.4 is 42.4 Å². The maximum atomic E-state index is 9.74. The van der Waals surface area contributed by atoms with Gasteiger partial charge >= 0.3 is 400 Å². The second-order valence-corrected chi connectivity index (χ2v) is 31.9. The Morgan fingerprint density at radius 2 is 0.460 bits per heavy atom. The van der Waals surface area contributed by atoms with Crippen molar-refractivity contribution in [1.82, 2.24) is 0 Å². The van der Waals surface area contributed by atoms with Gasteiger partial charge in [-0.3, -0.25) is 0 Å². The Balaban J connectivity index is 0.000000763. The third-order valence-electron chi connectivity index (χ3n) is 9.40. The first-order valence-corrected chi connectivity index (χ1v) is 29.4. The molecule has 8 aromatic rings. The zero-order valence-corrected chi connectivity index (χ0v) is 42.8. The van der Waals surface area contributed by atoms with Crippen LogP contribution >= 0.6 is 67.3 Å². The number of hydrogen-bond donors (Lipinski definition) is 0. The van der Waals surface area contributed by atoms with Crippen LogP contribution in [0.2, 0.25) is 0 Å². The van der Waals surface area contributed by atoms with E-state index in [4.69, 9.17) is 23.2 Å². The van der Waals surface area contributed by atoms with E-state index in [-0.39, 0.29) is 29.5 Å². The molecule has 0 heterocycles.